The molecule has 0 atom stereocenters. The molecule has 170 valence electrons. The fourth-order valence-corrected chi connectivity index (χ4v) is 4.34. The quantitative estimate of drug-likeness (QED) is 0.431. The van der Waals surface area contributed by atoms with Crippen LogP contribution in [0, 0.1) is 5.82 Å². The van der Waals surface area contributed by atoms with Gasteiger partial charge in [-0.3, -0.25) is 14.9 Å². The Morgan fingerprint density at radius 1 is 1.19 bits per heavy atom. The molecule has 0 spiro atoms. The molecule has 12 heteroatoms. The van der Waals surface area contributed by atoms with E-state index >= 15 is 0 Å². The zero-order valence-electron chi connectivity index (χ0n) is 18.0. The number of aromatic nitrogens is 5. The lowest BCUT2D eigenvalue weighted by molar-refractivity contribution is -0.113. The average molecular weight is 478 g/mol. The number of hydrogen-bond acceptors (Lipinski definition) is 8. The van der Waals surface area contributed by atoms with Crippen LogP contribution >= 0.6 is 23.1 Å². The van der Waals surface area contributed by atoms with Gasteiger partial charge in [-0.2, -0.15) is 0 Å². The van der Waals surface area contributed by atoms with E-state index in [1.807, 2.05) is 25.3 Å². The van der Waals surface area contributed by atoms with Crippen molar-refractivity contribution in [1.82, 2.24) is 30.3 Å². The first kappa shape index (κ1) is 23.8. The van der Waals surface area contributed by atoms with Gasteiger partial charge in [-0.25, -0.2) is 4.39 Å². The molecule has 0 aliphatic heterocycles. The van der Waals surface area contributed by atoms with Gasteiger partial charge in [0.05, 0.1) is 11.3 Å². The third-order valence-corrected chi connectivity index (χ3v) is 6.48. The molecule has 3 aromatic rings. The monoisotopic (exact) mass is 477 g/mol. The zero-order chi connectivity index (χ0) is 23.1. The van der Waals surface area contributed by atoms with Crippen molar-refractivity contribution in [2.45, 2.75) is 44.8 Å². The Labute approximate surface area is 193 Å². The SMILES string of the molecule is CCn1c(CCNC(=O)c2ccccc2F)nnc1SCC(=O)Nc1nnc(C(C)C)s1. The van der Waals surface area contributed by atoms with Crippen molar-refractivity contribution in [3.8, 4) is 0 Å². The summed E-state index contributed by atoms with van der Waals surface area (Å²) in [6.45, 7) is 6.88. The van der Waals surface area contributed by atoms with Crippen molar-refractivity contribution < 1.29 is 14.0 Å². The summed E-state index contributed by atoms with van der Waals surface area (Å²) in [6.07, 6.45) is 0.427. The van der Waals surface area contributed by atoms with E-state index in [0.717, 1.165) is 5.01 Å². The topological polar surface area (TPSA) is 115 Å². The third-order valence-electron chi connectivity index (χ3n) is 4.38. The van der Waals surface area contributed by atoms with Crippen molar-refractivity contribution in [3.05, 3.63) is 46.5 Å². The summed E-state index contributed by atoms with van der Waals surface area (Å²) in [4.78, 5) is 24.4. The van der Waals surface area contributed by atoms with Gasteiger partial charge in [-0.1, -0.05) is 49.1 Å². The van der Waals surface area contributed by atoms with Crippen LogP contribution in [0.5, 0.6) is 0 Å². The van der Waals surface area contributed by atoms with Crippen LogP contribution in [0.25, 0.3) is 0 Å². The Hall–Kier alpha value is -2.86. The second-order valence-electron chi connectivity index (χ2n) is 7.07. The van der Waals surface area contributed by atoms with Crippen molar-refractivity contribution >= 4 is 40.0 Å². The number of nitrogens with zero attached hydrogens (tertiary/aromatic N) is 5. The number of thioether (sulfide) groups is 1. The zero-order valence-corrected chi connectivity index (χ0v) is 19.6. The van der Waals surface area contributed by atoms with Gasteiger partial charge in [0.15, 0.2) is 5.16 Å². The standard InChI is InChI=1S/C20H24FN7O2S2/c1-4-28-15(9-10-22-17(30)13-7-5-6-8-14(13)21)24-27-20(28)31-11-16(29)23-19-26-25-18(32-19)12(2)3/h5-8,12H,4,9-11H2,1-3H3,(H,22,30)(H,23,26,29). The highest BCUT2D eigenvalue weighted by atomic mass is 32.2. The molecular weight excluding hydrogens is 453 g/mol. The maximum absolute atomic E-state index is 13.7. The highest BCUT2D eigenvalue weighted by Crippen LogP contribution is 2.23. The first-order valence-corrected chi connectivity index (χ1v) is 11.9. The molecule has 0 fully saturated rings. The molecule has 0 aliphatic carbocycles. The molecule has 3 rings (SSSR count). The van der Waals surface area contributed by atoms with Gasteiger partial charge in [0.1, 0.15) is 16.6 Å². The fourth-order valence-electron chi connectivity index (χ4n) is 2.76. The number of rotatable bonds is 10. The van der Waals surface area contributed by atoms with Crippen LogP contribution in [0.15, 0.2) is 29.4 Å². The van der Waals surface area contributed by atoms with E-state index in [1.54, 1.807) is 6.07 Å². The molecular formula is C20H24FN7O2S2. The minimum Gasteiger partial charge on any atom is -0.351 e. The van der Waals surface area contributed by atoms with Crippen LogP contribution in [0.1, 0.15) is 47.9 Å². The van der Waals surface area contributed by atoms with Crippen molar-refractivity contribution in [1.29, 1.82) is 0 Å². The number of carbonyl (C=O) groups excluding carboxylic acids is 2. The van der Waals surface area contributed by atoms with E-state index in [9.17, 15) is 14.0 Å². The maximum atomic E-state index is 13.7. The minimum absolute atomic E-state index is 0.00246. The highest BCUT2D eigenvalue weighted by Gasteiger charge is 2.16. The van der Waals surface area contributed by atoms with E-state index < -0.39 is 11.7 Å². The van der Waals surface area contributed by atoms with Gasteiger partial charge in [0.25, 0.3) is 5.91 Å². The summed E-state index contributed by atoms with van der Waals surface area (Å²) >= 11 is 2.63. The van der Waals surface area contributed by atoms with Crippen LogP contribution in [-0.2, 0) is 17.8 Å². The Morgan fingerprint density at radius 2 is 1.97 bits per heavy atom. The van der Waals surface area contributed by atoms with Gasteiger partial charge < -0.3 is 9.88 Å². The Balaban J connectivity index is 1.51. The number of anilines is 1. The first-order valence-electron chi connectivity index (χ1n) is 10.1. The fraction of sp³-hybridized carbons (Fsp3) is 0.400. The maximum Gasteiger partial charge on any atom is 0.254 e. The van der Waals surface area contributed by atoms with Gasteiger partial charge in [0, 0.05) is 25.4 Å². The summed E-state index contributed by atoms with van der Waals surface area (Å²) in [5.74, 6) is -0.160. The Bertz CT molecular complexity index is 1080. The lowest BCUT2D eigenvalue weighted by Gasteiger charge is -2.08. The Kier molecular flexibility index (Phi) is 8.28. The van der Waals surface area contributed by atoms with E-state index in [1.165, 1.54) is 41.3 Å². The molecule has 32 heavy (non-hydrogen) atoms. The molecule has 0 saturated heterocycles. The molecule has 0 unspecified atom stereocenters. The normalized spacial score (nSPS) is 11.0. The molecule has 0 saturated carbocycles. The average Bonchev–Trinajstić information content (AvgIpc) is 3.39. The lowest BCUT2D eigenvalue weighted by atomic mass is 10.2. The summed E-state index contributed by atoms with van der Waals surface area (Å²) in [5, 5.41) is 23.8. The smallest absolute Gasteiger partial charge is 0.254 e. The largest absolute Gasteiger partial charge is 0.351 e. The summed E-state index contributed by atoms with van der Waals surface area (Å²) in [5.41, 5.74) is 0.00246. The molecule has 0 radical (unpaired) electrons. The van der Waals surface area contributed by atoms with Gasteiger partial charge >= 0.3 is 0 Å². The molecule has 2 aromatic heterocycles. The van der Waals surface area contributed by atoms with Gasteiger partial charge in [-0.05, 0) is 19.1 Å². The molecule has 2 N–H and O–H groups in total. The lowest BCUT2D eigenvalue weighted by Crippen LogP contribution is -2.27. The van der Waals surface area contributed by atoms with E-state index in [-0.39, 0.29) is 29.7 Å². The number of benzene rings is 1. The molecule has 0 bridgehead atoms. The van der Waals surface area contributed by atoms with Gasteiger partial charge in [0.2, 0.25) is 11.0 Å². The van der Waals surface area contributed by atoms with Gasteiger partial charge in [-0.15, -0.1) is 20.4 Å². The van der Waals surface area contributed by atoms with Crippen LogP contribution in [0.3, 0.4) is 0 Å². The predicted molar refractivity (Wildman–Crippen MR) is 121 cm³/mol. The second kappa shape index (κ2) is 11.1. The van der Waals surface area contributed by atoms with E-state index in [4.69, 9.17) is 0 Å². The summed E-state index contributed by atoms with van der Waals surface area (Å²) in [7, 11) is 0. The van der Waals surface area contributed by atoms with E-state index in [0.29, 0.717) is 29.1 Å². The number of hydrogen-bond donors (Lipinski definition) is 2. The number of nitrogens with one attached hydrogen (secondary N) is 2. The van der Waals surface area contributed by atoms with Crippen LogP contribution < -0.4 is 10.6 Å². The summed E-state index contributed by atoms with van der Waals surface area (Å²) in [6, 6.07) is 5.83. The first-order chi connectivity index (χ1) is 15.4. The molecule has 2 amide bonds. The predicted octanol–water partition coefficient (Wildman–Crippen LogP) is 3.12. The highest BCUT2D eigenvalue weighted by molar-refractivity contribution is 7.99. The second-order valence-corrected chi connectivity index (χ2v) is 9.02. The molecule has 9 nitrogen and oxygen atoms in total. The number of halogens is 1. The number of amides is 2. The van der Waals surface area contributed by atoms with Crippen molar-refractivity contribution in [2.24, 2.45) is 0 Å². The number of carbonyl (C=O) groups is 2. The van der Waals surface area contributed by atoms with Crippen molar-refractivity contribution in [2.75, 3.05) is 17.6 Å². The van der Waals surface area contributed by atoms with E-state index in [2.05, 4.69) is 31.0 Å². The molecule has 1 aromatic carbocycles. The van der Waals surface area contributed by atoms with Crippen LogP contribution in [-0.4, -0.2) is 49.1 Å². The van der Waals surface area contributed by atoms with Crippen molar-refractivity contribution in [3.63, 3.8) is 0 Å². The van der Waals surface area contributed by atoms with Crippen LogP contribution in [0.4, 0.5) is 9.52 Å². The molecule has 0 aliphatic rings. The summed E-state index contributed by atoms with van der Waals surface area (Å²) < 4.78 is 15.6. The molecule has 2 heterocycles. The minimum atomic E-state index is -0.562. The third kappa shape index (κ3) is 6.10. The van der Waals surface area contributed by atoms with Crippen LogP contribution in [0.2, 0.25) is 0 Å². The Morgan fingerprint density at radius 3 is 2.66 bits per heavy atom.